The van der Waals surface area contributed by atoms with E-state index in [9.17, 15) is 0 Å². The number of aryl methyl sites for hydroxylation is 1. The summed E-state index contributed by atoms with van der Waals surface area (Å²) in [5.41, 5.74) is 5.48. The maximum absolute atomic E-state index is 3.79. The van der Waals surface area contributed by atoms with Crippen LogP contribution in [0.5, 0.6) is 0 Å². The Bertz CT molecular complexity index is 482. The van der Waals surface area contributed by atoms with Crippen LogP contribution in [-0.2, 0) is 0 Å². The van der Waals surface area contributed by atoms with Crippen molar-refractivity contribution >= 4 is 27.3 Å². The average Bonchev–Trinajstić information content (AvgIpc) is 2.74. The van der Waals surface area contributed by atoms with E-state index in [1.54, 1.807) is 11.3 Å². The van der Waals surface area contributed by atoms with Crippen molar-refractivity contribution in [1.82, 2.24) is 0 Å². The molecule has 2 aromatic rings. The lowest BCUT2D eigenvalue weighted by molar-refractivity contribution is 0.865. The van der Waals surface area contributed by atoms with Crippen molar-refractivity contribution in [3.63, 3.8) is 0 Å². The minimum atomic E-state index is 0.315. The molecule has 2 heteroatoms. The van der Waals surface area contributed by atoms with Crippen LogP contribution < -0.4 is 0 Å². The second-order valence-corrected chi connectivity index (χ2v) is 6.35. The summed E-state index contributed by atoms with van der Waals surface area (Å²) in [4.78, 5) is 0.315. The van der Waals surface area contributed by atoms with E-state index in [0.717, 1.165) is 0 Å². The minimum Gasteiger partial charge on any atom is -0.152 e. The molecule has 0 saturated carbocycles. The molecule has 0 nitrogen and oxygen atoms in total. The van der Waals surface area contributed by atoms with Gasteiger partial charge < -0.3 is 0 Å². The molecule has 1 atom stereocenters. The molecule has 17 heavy (non-hydrogen) atoms. The predicted octanol–water partition coefficient (Wildman–Crippen LogP) is 5.66. The van der Waals surface area contributed by atoms with Crippen LogP contribution in [0.1, 0.15) is 46.8 Å². The van der Waals surface area contributed by atoms with Gasteiger partial charge in [0.05, 0.1) is 4.83 Å². The second kappa shape index (κ2) is 5.36. The number of rotatable bonds is 3. The van der Waals surface area contributed by atoms with Gasteiger partial charge in [0.25, 0.3) is 0 Å². The van der Waals surface area contributed by atoms with Gasteiger partial charge in [-0.05, 0) is 45.9 Å². The molecular formula is C15H17BrS. The largest absolute Gasteiger partial charge is 0.152 e. The van der Waals surface area contributed by atoms with Crippen LogP contribution >= 0.6 is 27.3 Å². The van der Waals surface area contributed by atoms with E-state index < -0.39 is 0 Å². The van der Waals surface area contributed by atoms with Gasteiger partial charge in [0.15, 0.2) is 0 Å². The number of hydrogen-bond acceptors (Lipinski definition) is 1. The molecule has 0 saturated heterocycles. The van der Waals surface area contributed by atoms with Crippen molar-refractivity contribution in [3.8, 4) is 0 Å². The number of alkyl halides is 1. The molecule has 0 radical (unpaired) electrons. The van der Waals surface area contributed by atoms with Crippen LogP contribution in [0.15, 0.2) is 35.0 Å². The Balaban J connectivity index is 2.26. The maximum Gasteiger partial charge on any atom is 0.0655 e. The summed E-state index contributed by atoms with van der Waals surface area (Å²) in [7, 11) is 0. The van der Waals surface area contributed by atoms with Crippen molar-refractivity contribution in [2.24, 2.45) is 0 Å². The van der Waals surface area contributed by atoms with Crippen LogP contribution in [0.25, 0.3) is 0 Å². The lowest BCUT2D eigenvalue weighted by atomic mass is 9.99. The minimum absolute atomic E-state index is 0.315. The van der Waals surface area contributed by atoms with Crippen molar-refractivity contribution in [1.29, 1.82) is 0 Å². The third kappa shape index (κ3) is 2.80. The van der Waals surface area contributed by atoms with E-state index in [1.807, 2.05) is 0 Å². The topological polar surface area (TPSA) is 0 Å². The molecule has 0 spiro atoms. The third-order valence-electron chi connectivity index (χ3n) is 3.06. The first-order valence-corrected chi connectivity index (χ1v) is 7.72. The SMILES string of the molecule is Cc1cscc1C(Br)c1ccc(C(C)C)cc1. The smallest absolute Gasteiger partial charge is 0.0655 e. The summed E-state index contributed by atoms with van der Waals surface area (Å²) in [6, 6.07) is 8.92. The Morgan fingerprint density at radius 3 is 2.06 bits per heavy atom. The van der Waals surface area contributed by atoms with Gasteiger partial charge in [0.2, 0.25) is 0 Å². The monoisotopic (exact) mass is 308 g/mol. The summed E-state index contributed by atoms with van der Waals surface area (Å²) in [6.45, 7) is 6.62. The molecule has 1 aromatic carbocycles. The average molecular weight is 309 g/mol. The van der Waals surface area contributed by atoms with Crippen LogP contribution in [-0.4, -0.2) is 0 Å². The highest BCUT2D eigenvalue weighted by molar-refractivity contribution is 9.09. The molecule has 0 aliphatic heterocycles. The van der Waals surface area contributed by atoms with Crippen molar-refractivity contribution in [2.45, 2.75) is 31.5 Å². The van der Waals surface area contributed by atoms with E-state index in [0.29, 0.717) is 10.7 Å². The molecule has 0 bridgehead atoms. The fourth-order valence-corrected chi connectivity index (χ4v) is 3.71. The molecule has 0 N–H and O–H groups in total. The summed E-state index contributed by atoms with van der Waals surface area (Å²) in [6.07, 6.45) is 0. The quantitative estimate of drug-likeness (QED) is 0.641. The van der Waals surface area contributed by atoms with Crippen molar-refractivity contribution < 1.29 is 0 Å². The summed E-state index contributed by atoms with van der Waals surface area (Å²) in [5.74, 6) is 0.598. The van der Waals surface area contributed by atoms with Gasteiger partial charge in [-0.2, -0.15) is 11.3 Å². The predicted molar refractivity (Wildman–Crippen MR) is 80.4 cm³/mol. The van der Waals surface area contributed by atoms with Gasteiger partial charge >= 0.3 is 0 Å². The van der Waals surface area contributed by atoms with Crippen LogP contribution in [0.4, 0.5) is 0 Å². The number of thiophene rings is 1. The lowest BCUT2D eigenvalue weighted by Crippen LogP contribution is -1.94. The highest BCUT2D eigenvalue weighted by atomic mass is 79.9. The van der Waals surface area contributed by atoms with E-state index in [1.165, 1.54) is 22.3 Å². The zero-order valence-corrected chi connectivity index (χ0v) is 12.8. The maximum atomic E-state index is 3.79. The standard InChI is InChI=1S/C15H17BrS/c1-10(2)12-4-6-13(7-5-12)15(16)14-9-17-8-11(14)3/h4-10,15H,1-3H3. The van der Waals surface area contributed by atoms with E-state index in [4.69, 9.17) is 0 Å². The molecule has 0 aliphatic carbocycles. The fraction of sp³-hybridized carbons (Fsp3) is 0.333. The molecule has 90 valence electrons. The van der Waals surface area contributed by atoms with E-state index >= 15 is 0 Å². The highest BCUT2D eigenvalue weighted by Gasteiger charge is 2.13. The number of halogens is 1. The first-order chi connectivity index (χ1) is 8.09. The zero-order chi connectivity index (χ0) is 12.4. The zero-order valence-electron chi connectivity index (χ0n) is 10.4. The van der Waals surface area contributed by atoms with Gasteiger partial charge in [-0.1, -0.05) is 54.0 Å². The third-order valence-corrected chi connectivity index (χ3v) is 4.97. The van der Waals surface area contributed by atoms with Crippen molar-refractivity contribution in [3.05, 3.63) is 57.3 Å². The Morgan fingerprint density at radius 2 is 1.59 bits per heavy atom. The van der Waals surface area contributed by atoms with Gasteiger partial charge in [0.1, 0.15) is 0 Å². The number of hydrogen-bond donors (Lipinski definition) is 0. The molecule has 1 unspecified atom stereocenters. The first kappa shape index (κ1) is 12.8. The molecule has 2 rings (SSSR count). The van der Waals surface area contributed by atoms with Gasteiger partial charge in [-0.15, -0.1) is 0 Å². The van der Waals surface area contributed by atoms with Gasteiger partial charge in [-0.3, -0.25) is 0 Å². The molecule has 0 amide bonds. The van der Waals surface area contributed by atoms with Crippen LogP contribution in [0.3, 0.4) is 0 Å². The van der Waals surface area contributed by atoms with E-state index in [-0.39, 0.29) is 0 Å². The Kier molecular flexibility index (Phi) is 4.05. The molecule has 0 fully saturated rings. The Morgan fingerprint density at radius 1 is 1.00 bits per heavy atom. The molecule has 1 heterocycles. The molecule has 0 aliphatic rings. The normalized spacial score (nSPS) is 13.0. The highest BCUT2D eigenvalue weighted by Crippen LogP contribution is 2.34. The second-order valence-electron chi connectivity index (χ2n) is 4.69. The van der Waals surface area contributed by atoms with Gasteiger partial charge in [0, 0.05) is 0 Å². The van der Waals surface area contributed by atoms with Crippen LogP contribution in [0.2, 0.25) is 0 Å². The summed E-state index contributed by atoms with van der Waals surface area (Å²) >= 11 is 5.56. The summed E-state index contributed by atoms with van der Waals surface area (Å²) in [5, 5.41) is 4.43. The molecule has 1 aromatic heterocycles. The first-order valence-electron chi connectivity index (χ1n) is 5.86. The lowest BCUT2D eigenvalue weighted by Gasteiger charge is -2.12. The Hall–Kier alpha value is -0.600. The Labute approximate surface area is 116 Å². The summed E-state index contributed by atoms with van der Waals surface area (Å²) < 4.78 is 0. The van der Waals surface area contributed by atoms with Gasteiger partial charge in [-0.25, -0.2) is 0 Å². The van der Waals surface area contributed by atoms with Crippen molar-refractivity contribution in [2.75, 3.05) is 0 Å². The van der Waals surface area contributed by atoms with Crippen LogP contribution in [0, 0.1) is 6.92 Å². The fourth-order valence-electron chi connectivity index (χ4n) is 1.86. The molecular weight excluding hydrogens is 292 g/mol. The number of benzene rings is 1. The van der Waals surface area contributed by atoms with E-state index in [2.05, 4.69) is 71.7 Å².